The van der Waals surface area contributed by atoms with Crippen LogP contribution < -0.4 is 11.1 Å². The number of aryl methyl sites for hydroxylation is 1. The van der Waals surface area contributed by atoms with Crippen LogP contribution in [-0.4, -0.2) is 102 Å². The average molecular weight is 905 g/mol. The molecule has 4 atom stereocenters. The Morgan fingerprint density at radius 2 is 1.83 bits per heavy atom. The second kappa shape index (κ2) is 20.5. The number of nitrogens with two attached hydrogens (primary N) is 1. The molecule has 0 bridgehead atoms. The van der Waals surface area contributed by atoms with Crippen LogP contribution in [0.15, 0.2) is 81.3 Å². The van der Waals surface area contributed by atoms with Crippen LogP contribution >= 0.6 is 11.6 Å². The Morgan fingerprint density at radius 1 is 1.14 bits per heavy atom. The number of amidine groups is 1. The standard InChI is InChI=1S/C46H55B3ClF3N10O2/c1-9-27(4)40(59-28(5)10-2)57-22-31(11-3)32-12-13-34(36(50)17-32)35-19-44(35)14-15-62(42(44)65)38(16-30(20-54)21-58-45(48,49)25-47)41(64)60-43(7,8)26-63-37(18-39(61-63)46(51,52)53)33-23-55-29(6)56-24-33/h10-13,17-18,20-24,27,35,38H,9,14-16,19,25-26,54H2,1-8H3,(H,60,64)/b28-10-,30-20-,31-11+,57-22?,58-21+,59-40?/t27?,35?,38?,44-/m0/s1. The normalized spacial score (nSPS) is 20.1. The highest BCUT2D eigenvalue weighted by atomic mass is 35.5. The number of benzene rings is 1. The number of hydrogen-bond donors (Lipinski definition) is 2. The molecule has 1 saturated carbocycles. The number of amides is 2. The summed E-state index contributed by atoms with van der Waals surface area (Å²) in [6, 6.07) is 5.56. The molecule has 6 radical (unpaired) electrons. The fourth-order valence-electron chi connectivity index (χ4n) is 7.72. The number of aromatic nitrogens is 4. The monoisotopic (exact) mass is 904 g/mol. The molecule has 1 aliphatic carbocycles. The van der Waals surface area contributed by atoms with E-state index in [1.165, 1.54) is 29.7 Å². The number of hydrogen-bond acceptors (Lipinski definition) is 8. The molecule has 1 spiro atoms. The van der Waals surface area contributed by atoms with Crippen molar-refractivity contribution in [3.8, 4) is 11.3 Å². The van der Waals surface area contributed by atoms with Crippen molar-refractivity contribution in [1.82, 2.24) is 30.0 Å². The molecule has 1 aromatic carbocycles. The second-order valence-electron chi connectivity index (χ2n) is 17.5. The van der Waals surface area contributed by atoms with E-state index in [-0.39, 0.29) is 49.3 Å². The van der Waals surface area contributed by atoms with Gasteiger partial charge in [0, 0.05) is 65.9 Å². The van der Waals surface area contributed by atoms with Gasteiger partial charge < -0.3 is 20.9 Å². The van der Waals surface area contributed by atoms with Gasteiger partial charge in [-0.25, -0.2) is 20.0 Å². The highest BCUT2D eigenvalue weighted by Crippen LogP contribution is 2.66. The van der Waals surface area contributed by atoms with Crippen molar-refractivity contribution in [3.63, 3.8) is 0 Å². The lowest BCUT2D eigenvalue weighted by atomic mass is 9.56. The van der Waals surface area contributed by atoms with Crippen molar-refractivity contribution in [2.24, 2.45) is 32.0 Å². The zero-order valence-electron chi connectivity index (χ0n) is 38.2. The van der Waals surface area contributed by atoms with Gasteiger partial charge in [-0.15, -0.1) is 0 Å². The number of rotatable bonds is 17. The Hall–Kier alpha value is -5.25. The van der Waals surface area contributed by atoms with E-state index in [0.717, 1.165) is 45.4 Å². The molecule has 2 amide bonds. The van der Waals surface area contributed by atoms with Crippen molar-refractivity contribution >= 4 is 70.8 Å². The molecule has 3 aromatic rings. The van der Waals surface area contributed by atoms with Crippen molar-refractivity contribution in [3.05, 3.63) is 93.9 Å². The van der Waals surface area contributed by atoms with Gasteiger partial charge in [-0.3, -0.25) is 14.3 Å². The Labute approximate surface area is 388 Å². The molecule has 338 valence electrons. The molecule has 1 saturated heterocycles. The molecule has 2 aliphatic rings. The van der Waals surface area contributed by atoms with Gasteiger partial charge in [0.1, 0.15) is 17.7 Å². The lowest BCUT2D eigenvalue weighted by molar-refractivity contribution is -0.141. The number of alkyl halides is 3. The van der Waals surface area contributed by atoms with Gasteiger partial charge in [0.05, 0.1) is 46.7 Å². The predicted molar refractivity (Wildman–Crippen MR) is 255 cm³/mol. The van der Waals surface area contributed by atoms with Crippen molar-refractivity contribution in [2.75, 3.05) is 6.54 Å². The van der Waals surface area contributed by atoms with Crippen LogP contribution in [-0.2, 0) is 22.3 Å². The van der Waals surface area contributed by atoms with E-state index in [9.17, 15) is 22.8 Å². The van der Waals surface area contributed by atoms with Gasteiger partial charge in [0.25, 0.3) is 0 Å². The summed E-state index contributed by atoms with van der Waals surface area (Å²) in [7, 11) is 17.6. The number of nitrogens with one attached hydrogen (secondary N) is 1. The van der Waals surface area contributed by atoms with Gasteiger partial charge in [0.2, 0.25) is 11.8 Å². The number of carbonyl (C=O) groups is 2. The summed E-state index contributed by atoms with van der Waals surface area (Å²) in [5.74, 6) is 0.293. The third-order valence-electron chi connectivity index (χ3n) is 12.0. The molecule has 2 fully saturated rings. The van der Waals surface area contributed by atoms with E-state index in [1.54, 1.807) is 27.0 Å². The van der Waals surface area contributed by atoms with Crippen LogP contribution in [0.4, 0.5) is 13.2 Å². The van der Waals surface area contributed by atoms with Gasteiger partial charge in [-0.05, 0) is 107 Å². The van der Waals surface area contributed by atoms with E-state index >= 15 is 0 Å². The summed E-state index contributed by atoms with van der Waals surface area (Å²) >= 11 is 7.01. The third-order valence-corrected chi connectivity index (χ3v) is 12.3. The smallest absolute Gasteiger partial charge is 0.404 e. The summed E-state index contributed by atoms with van der Waals surface area (Å²) in [6.07, 6.45) is 7.88. The van der Waals surface area contributed by atoms with Crippen LogP contribution in [0.3, 0.4) is 0 Å². The van der Waals surface area contributed by atoms with E-state index in [4.69, 9.17) is 50.9 Å². The maximum absolute atomic E-state index is 14.7. The van der Waals surface area contributed by atoms with Crippen molar-refractivity contribution in [2.45, 2.75) is 123 Å². The zero-order chi connectivity index (χ0) is 48.1. The number of aliphatic imine (C=N–C) groups is 3. The molecule has 65 heavy (non-hydrogen) atoms. The van der Waals surface area contributed by atoms with Crippen LogP contribution in [0.5, 0.6) is 0 Å². The minimum atomic E-state index is -4.74. The molecule has 5 rings (SSSR count). The summed E-state index contributed by atoms with van der Waals surface area (Å²) in [4.78, 5) is 52.7. The largest absolute Gasteiger partial charge is 0.435 e. The quantitative estimate of drug-likeness (QED) is 0.0804. The number of allylic oxidation sites excluding steroid dienone is 4. The Morgan fingerprint density at radius 3 is 2.42 bits per heavy atom. The van der Waals surface area contributed by atoms with Gasteiger partial charge in [0.15, 0.2) is 5.69 Å². The maximum atomic E-state index is 14.7. The molecule has 12 nitrogen and oxygen atoms in total. The third kappa shape index (κ3) is 12.2. The van der Waals surface area contributed by atoms with Crippen LogP contribution in [0.25, 0.3) is 16.8 Å². The predicted octanol–water partition coefficient (Wildman–Crippen LogP) is 7.71. The van der Waals surface area contributed by atoms with Crippen LogP contribution in [0, 0.1) is 18.3 Å². The van der Waals surface area contributed by atoms with Gasteiger partial charge >= 0.3 is 6.18 Å². The molecule has 2 aromatic heterocycles. The molecular weight excluding hydrogens is 849 g/mol. The fourth-order valence-corrected chi connectivity index (χ4v) is 8.04. The summed E-state index contributed by atoms with van der Waals surface area (Å²) in [6.45, 7) is 15.0. The first-order chi connectivity index (χ1) is 30.5. The Kier molecular flexibility index (Phi) is 16.0. The van der Waals surface area contributed by atoms with Gasteiger partial charge in [-0.1, -0.05) is 56.1 Å². The molecular formula is C46H55B3ClF3N10O2. The second-order valence-corrected chi connectivity index (χ2v) is 17.9. The van der Waals surface area contributed by atoms with E-state index in [0.29, 0.717) is 34.8 Å². The molecule has 1 aliphatic heterocycles. The van der Waals surface area contributed by atoms with Gasteiger partial charge in [-0.2, -0.15) is 18.3 Å². The summed E-state index contributed by atoms with van der Waals surface area (Å²) in [5.41, 5.74) is 7.03. The number of nitrogens with zero attached hydrogens (tertiary/aromatic N) is 8. The van der Waals surface area contributed by atoms with Crippen LogP contribution in [0.2, 0.25) is 11.3 Å². The first kappa shape index (κ1) is 50.7. The fraction of sp³-hybridized carbons (Fsp3) is 0.478. The van der Waals surface area contributed by atoms with Crippen LogP contribution in [0.1, 0.15) is 103 Å². The van der Waals surface area contributed by atoms with E-state index < -0.39 is 40.1 Å². The maximum Gasteiger partial charge on any atom is 0.435 e. The summed E-state index contributed by atoms with van der Waals surface area (Å²) in [5, 5.41) is 5.73. The van der Waals surface area contributed by atoms with E-state index in [1.807, 2.05) is 51.1 Å². The van der Waals surface area contributed by atoms with Crippen molar-refractivity contribution in [1.29, 1.82) is 0 Å². The number of likely N-dealkylation sites (tertiary alicyclic amines) is 1. The molecule has 3 N–H and O–H groups in total. The minimum absolute atomic E-state index is 0.0953. The SMILES string of the molecule is [B]CC([B])([B])/N=C/C(=C\N)CC(C(=O)NC(C)(C)Cn1nc(C(F)(F)F)cc1-c1cnc(C)nc1)N1CC[C@@]2(CC2c2ccc(/C(C=NC(=N/C(C)=C\C)C(C)CC)=C/C)cc2Cl)C1=O. The first-order valence-corrected chi connectivity index (χ1v) is 21.9. The highest BCUT2D eigenvalue weighted by molar-refractivity contribution is 6.43. The topological polar surface area (TPSA) is 156 Å². The van der Waals surface area contributed by atoms with Crippen molar-refractivity contribution < 1.29 is 22.8 Å². The van der Waals surface area contributed by atoms with E-state index in [2.05, 4.69) is 39.2 Å². The number of carbonyl (C=O) groups excluding carboxylic acids is 2. The lowest BCUT2D eigenvalue weighted by Gasteiger charge is -2.33. The number of halogens is 4. The molecule has 3 heterocycles. The molecule has 3 unspecified atom stereocenters. The molecule has 19 heteroatoms. The average Bonchev–Trinajstić information content (AvgIpc) is 3.69. The summed E-state index contributed by atoms with van der Waals surface area (Å²) < 4.78 is 43.1. The Bertz CT molecular complexity index is 2430. The highest BCUT2D eigenvalue weighted by Gasteiger charge is 2.65. The zero-order valence-corrected chi connectivity index (χ0v) is 39.0. The first-order valence-electron chi connectivity index (χ1n) is 21.5. The lowest BCUT2D eigenvalue weighted by Crippen LogP contribution is -2.55. The minimum Gasteiger partial charge on any atom is -0.404 e. The Balaban J connectivity index is 1.42.